The molecule has 30 heavy (non-hydrogen) atoms. The summed E-state index contributed by atoms with van der Waals surface area (Å²) in [5.74, 6) is 3.08. The zero-order valence-electron chi connectivity index (χ0n) is 18.8. The van der Waals surface area contributed by atoms with E-state index in [0.29, 0.717) is 23.6 Å². The van der Waals surface area contributed by atoms with Crippen LogP contribution in [0.25, 0.3) is 10.9 Å². The largest absolute Gasteiger partial charge is 0.493 e. The number of ether oxygens (including phenoxy) is 2. The van der Waals surface area contributed by atoms with E-state index in [4.69, 9.17) is 19.4 Å². The van der Waals surface area contributed by atoms with Crippen molar-refractivity contribution in [1.82, 2.24) is 14.9 Å². The number of anilines is 2. The summed E-state index contributed by atoms with van der Waals surface area (Å²) in [6.07, 6.45) is 8.56. The molecule has 4 rings (SSSR count). The van der Waals surface area contributed by atoms with E-state index in [1.54, 1.807) is 14.2 Å². The topological polar surface area (TPSA) is 62.8 Å². The van der Waals surface area contributed by atoms with Gasteiger partial charge in [-0.3, -0.25) is 0 Å². The van der Waals surface area contributed by atoms with Crippen LogP contribution < -0.4 is 19.7 Å². The molecule has 1 saturated heterocycles. The van der Waals surface area contributed by atoms with E-state index >= 15 is 0 Å². The van der Waals surface area contributed by atoms with Crippen LogP contribution in [0.15, 0.2) is 12.1 Å². The van der Waals surface area contributed by atoms with Gasteiger partial charge in [0.05, 0.1) is 19.7 Å². The summed E-state index contributed by atoms with van der Waals surface area (Å²) in [5.41, 5.74) is 0.885. The summed E-state index contributed by atoms with van der Waals surface area (Å²) in [6.45, 7) is 2.21. The predicted octanol–water partition coefficient (Wildman–Crippen LogP) is 3.92. The molecule has 164 valence electrons. The fraction of sp³-hybridized carbons (Fsp3) is 0.652. The van der Waals surface area contributed by atoms with Gasteiger partial charge >= 0.3 is 0 Å². The van der Waals surface area contributed by atoms with Crippen molar-refractivity contribution < 1.29 is 9.47 Å². The molecular formula is C23H35N5O2. The third kappa shape index (κ3) is 4.41. The molecule has 7 heteroatoms. The average Bonchev–Trinajstić information content (AvgIpc) is 2.79. The lowest BCUT2D eigenvalue weighted by atomic mass is 9.95. The summed E-state index contributed by atoms with van der Waals surface area (Å²) in [6, 6.07) is 4.89. The van der Waals surface area contributed by atoms with Gasteiger partial charge in [0.15, 0.2) is 11.5 Å². The van der Waals surface area contributed by atoms with Gasteiger partial charge in [0.2, 0.25) is 5.95 Å². The number of nitrogens with zero attached hydrogens (tertiary/aromatic N) is 4. The van der Waals surface area contributed by atoms with Gasteiger partial charge in [-0.2, -0.15) is 4.98 Å². The Balaban J connectivity index is 1.72. The zero-order valence-corrected chi connectivity index (χ0v) is 18.8. The normalized spacial score (nSPS) is 19.1. The van der Waals surface area contributed by atoms with Crippen molar-refractivity contribution >= 4 is 22.7 Å². The van der Waals surface area contributed by atoms with Gasteiger partial charge in [0.25, 0.3) is 0 Å². The number of hydrogen-bond acceptors (Lipinski definition) is 7. The maximum Gasteiger partial charge on any atom is 0.227 e. The lowest BCUT2D eigenvalue weighted by Gasteiger charge is -2.32. The van der Waals surface area contributed by atoms with Crippen LogP contribution >= 0.6 is 0 Å². The molecule has 2 fully saturated rings. The van der Waals surface area contributed by atoms with Crippen LogP contribution in [-0.4, -0.2) is 68.4 Å². The molecule has 0 radical (unpaired) electrons. The standard InChI is InChI=1S/C23H35N5O2/c1-27-12-10-16(11-13-27)24-22-18-14-20(29-3)21(30-4)15-19(18)25-23(26-22)28(2)17-8-6-5-7-9-17/h14-17H,5-13H2,1-4H3,(H,24,25,26). The Hall–Kier alpha value is -2.28. The molecule has 1 N–H and O–H groups in total. The molecule has 0 spiro atoms. The average molecular weight is 414 g/mol. The highest BCUT2D eigenvalue weighted by Gasteiger charge is 2.24. The van der Waals surface area contributed by atoms with Crippen LogP contribution in [0.3, 0.4) is 0 Å². The summed E-state index contributed by atoms with van der Waals surface area (Å²) in [7, 11) is 7.65. The molecule has 1 aliphatic carbocycles. The predicted molar refractivity (Wildman–Crippen MR) is 122 cm³/mol. The molecule has 2 aromatic rings. The number of methoxy groups -OCH3 is 2. The monoisotopic (exact) mass is 413 g/mol. The Morgan fingerprint density at radius 3 is 2.30 bits per heavy atom. The summed E-state index contributed by atoms with van der Waals surface area (Å²) >= 11 is 0. The highest BCUT2D eigenvalue weighted by Crippen LogP contribution is 2.36. The molecule has 0 amide bonds. The highest BCUT2D eigenvalue weighted by atomic mass is 16.5. The highest BCUT2D eigenvalue weighted by molar-refractivity contribution is 5.93. The maximum absolute atomic E-state index is 5.55. The van der Waals surface area contributed by atoms with E-state index in [2.05, 4.69) is 29.2 Å². The Morgan fingerprint density at radius 2 is 1.63 bits per heavy atom. The molecule has 1 aromatic carbocycles. The Labute approximate surface area is 179 Å². The molecule has 0 atom stereocenters. The molecule has 0 bridgehead atoms. The second-order valence-corrected chi connectivity index (χ2v) is 8.72. The summed E-state index contributed by atoms with van der Waals surface area (Å²) < 4.78 is 11.1. The first kappa shape index (κ1) is 21.0. The number of nitrogens with one attached hydrogen (secondary N) is 1. The van der Waals surface area contributed by atoms with Crippen molar-refractivity contribution in [3.63, 3.8) is 0 Å². The van der Waals surface area contributed by atoms with Gasteiger partial charge in [-0.15, -0.1) is 0 Å². The molecule has 1 aliphatic heterocycles. The van der Waals surface area contributed by atoms with Gasteiger partial charge in [-0.1, -0.05) is 19.3 Å². The first-order valence-corrected chi connectivity index (χ1v) is 11.2. The minimum absolute atomic E-state index is 0.417. The van der Waals surface area contributed by atoms with Crippen molar-refractivity contribution in [2.75, 3.05) is 51.6 Å². The Bertz CT molecular complexity index is 860. The minimum atomic E-state index is 0.417. The molecule has 7 nitrogen and oxygen atoms in total. The smallest absolute Gasteiger partial charge is 0.227 e. The van der Waals surface area contributed by atoms with Crippen molar-refractivity contribution in [2.45, 2.75) is 57.0 Å². The molecule has 1 aromatic heterocycles. The van der Waals surface area contributed by atoms with Crippen LogP contribution in [0.5, 0.6) is 11.5 Å². The van der Waals surface area contributed by atoms with Gasteiger partial charge in [-0.25, -0.2) is 4.98 Å². The van der Waals surface area contributed by atoms with E-state index in [1.165, 1.54) is 32.1 Å². The Morgan fingerprint density at radius 1 is 0.967 bits per heavy atom. The van der Waals surface area contributed by atoms with E-state index < -0.39 is 0 Å². The van der Waals surface area contributed by atoms with Gasteiger partial charge in [-0.05, 0) is 51.9 Å². The summed E-state index contributed by atoms with van der Waals surface area (Å²) in [5, 5.41) is 4.71. The van der Waals surface area contributed by atoms with Crippen LogP contribution in [0.2, 0.25) is 0 Å². The minimum Gasteiger partial charge on any atom is -0.493 e. The molecular weight excluding hydrogens is 378 g/mol. The SMILES string of the molecule is COc1cc2nc(N(C)C3CCCCC3)nc(NC3CCN(C)CC3)c2cc1OC. The fourth-order valence-corrected chi connectivity index (χ4v) is 4.69. The summed E-state index contributed by atoms with van der Waals surface area (Å²) in [4.78, 5) is 14.6. The number of piperidine rings is 1. The molecule has 1 saturated carbocycles. The van der Waals surface area contributed by atoms with Crippen molar-refractivity contribution in [3.05, 3.63) is 12.1 Å². The number of aromatic nitrogens is 2. The zero-order chi connectivity index (χ0) is 21.1. The number of fused-ring (bicyclic) bond motifs is 1. The van der Waals surface area contributed by atoms with Gasteiger partial charge in [0.1, 0.15) is 5.82 Å². The van der Waals surface area contributed by atoms with Crippen molar-refractivity contribution in [2.24, 2.45) is 0 Å². The number of likely N-dealkylation sites (tertiary alicyclic amines) is 1. The number of benzene rings is 1. The second-order valence-electron chi connectivity index (χ2n) is 8.72. The second kappa shape index (κ2) is 9.25. The maximum atomic E-state index is 5.55. The van der Waals surface area contributed by atoms with E-state index in [0.717, 1.165) is 48.6 Å². The van der Waals surface area contributed by atoms with Gasteiger partial charge in [0, 0.05) is 30.6 Å². The lowest BCUT2D eigenvalue weighted by molar-refractivity contribution is 0.263. The quantitative estimate of drug-likeness (QED) is 0.770. The van der Waals surface area contributed by atoms with Crippen LogP contribution in [0, 0.1) is 0 Å². The van der Waals surface area contributed by atoms with E-state index in [9.17, 15) is 0 Å². The van der Waals surface area contributed by atoms with Crippen LogP contribution in [-0.2, 0) is 0 Å². The Kier molecular flexibility index (Phi) is 6.46. The fourth-order valence-electron chi connectivity index (χ4n) is 4.69. The lowest BCUT2D eigenvalue weighted by Crippen LogP contribution is -2.37. The van der Waals surface area contributed by atoms with E-state index in [-0.39, 0.29) is 0 Å². The first-order valence-electron chi connectivity index (χ1n) is 11.2. The van der Waals surface area contributed by atoms with Crippen LogP contribution in [0.4, 0.5) is 11.8 Å². The third-order valence-corrected chi connectivity index (χ3v) is 6.69. The van der Waals surface area contributed by atoms with E-state index in [1.807, 2.05) is 12.1 Å². The number of rotatable bonds is 6. The first-order chi connectivity index (χ1) is 14.6. The third-order valence-electron chi connectivity index (χ3n) is 6.69. The molecule has 2 aliphatic rings. The van der Waals surface area contributed by atoms with Crippen molar-refractivity contribution in [3.8, 4) is 11.5 Å². The molecule has 2 heterocycles. The van der Waals surface area contributed by atoms with Crippen molar-refractivity contribution in [1.29, 1.82) is 0 Å². The number of hydrogen-bond donors (Lipinski definition) is 1. The van der Waals surface area contributed by atoms with Gasteiger partial charge < -0.3 is 24.6 Å². The van der Waals surface area contributed by atoms with Crippen LogP contribution in [0.1, 0.15) is 44.9 Å². The molecule has 0 unspecified atom stereocenters.